The first kappa shape index (κ1) is 17.6. The van der Waals surface area contributed by atoms with Crippen LogP contribution in [0.5, 0.6) is 0 Å². The molecule has 24 heavy (non-hydrogen) atoms. The molecule has 1 aromatic rings. The Morgan fingerprint density at radius 3 is 2.54 bits per heavy atom. The third-order valence-electron chi connectivity index (χ3n) is 5.46. The predicted octanol–water partition coefficient (Wildman–Crippen LogP) is 3.04. The van der Waals surface area contributed by atoms with Gasteiger partial charge in [-0.05, 0) is 62.9 Å². The summed E-state index contributed by atoms with van der Waals surface area (Å²) in [5.41, 5.74) is 0.965. The number of hydrogen-bond donors (Lipinski definition) is 0. The zero-order chi connectivity index (χ0) is 17.3. The van der Waals surface area contributed by atoms with Crippen LogP contribution in [-0.4, -0.2) is 49.8 Å². The number of likely N-dealkylation sites (tertiary alicyclic amines) is 1. The van der Waals surface area contributed by atoms with Crippen LogP contribution in [0.2, 0.25) is 0 Å². The van der Waals surface area contributed by atoms with Crippen molar-refractivity contribution in [2.24, 2.45) is 5.92 Å². The zero-order valence-corrected chi connectivity index (χ0v) is 15.7. The fourth-order valence-corrected chi connectivity index (χ4v) is 5.11. The molecule has 132 valence electrons. The highest BCUT2D eigenvalue weighted by Gasteiger charge is 2.33. The summed E-state index contributed by atoms with van der Waals surface area (Å²) in [6.45, 7) is 6.48. The molecule has 5 heteroatoms. The van der Waals surface area contributed by atoms with Crippen molar-refractivity contribution in [3.05, 3.63) is 42.0 Å². The minimum absolute atomic E-state index is 0.0557. The lowest BCUT2D eigenvalue weighted by molar-refractivity contribution is 0.153. The predicted molar refractivity (Wildman–Crippen MR) is 97.4 cm³/mol. The number of piperidine rings is 1. The van der Waals surface area contributed by atoms with Crippen molar-refractivity contribution < 1.29 is 8.42 Å². The highest BCUT2D eigenvalue weighted by molar-refractivity contribution is 7.89. The molecule has 1 heterocycles. The van der Waals surface area contributed by atoms with Gasteiger partial charge in [0.1, 0.15) is 0 Å². The quantitative estimate of drug-likeness (QED) is 0.785. The molecule has 3 rings (SSSR count). The number of likely N-dealkylation sites (N-methyl/N-ethyl adjacent to an activating group) is 1. The van der Waals surface area contributed by atoms with Gasteiger partial charge in [-0.3, -0.25) is 4.90 Å². The van der Waals surface area contributed by atoms with E-state index >= 15 is 0 Å². The van der Waals surface area contributed by atoms with E-state index in [0.717, 1.165) is 31.0 Å². The third-order valence-corrected chi connectivity index (χ3v) is 7.34. The molecule has 1 aliphatic carbocycles. The Kier molecular flexibility index (Phi) is 5.13. The van der Waals surface area contributed by atoms with E-state index in [4.69, 9.17) is 0 Å². The smallest absolute Gasteiger partial charge is 0.243 e. The molecular weight excluding hydrogens is 320 g/mol. The summed E-state index contributed by atoms with van der Waals surface area (Å²) >= 11 is 0. The van der Waals surface area contributed by atoms with Crippen molar-refractivity contribution in [3.8, 4) is 0 Å². The van der Waals surface area contributed by atoms with E-state index in [1.807, 2.05) is 13.0 Å². The van der Waals surface area contributed by atoms with Crippen LogP contribution in [0, 0.1) is 12.8 Å². The minimum Gasteiger partial charge on any atom is -0.297 e. The third kappa shape index (κ3) is 3.58. The summed E-state index contributed by atoms with van der Waals surface area (Å²) in [5.74, 6) is 0.812. The minimum atomic E-state index is -3.44. The molecule has 0 spiro atoms. The van der Waals surface area contributed by atoms with Crippen molar-refractivity contribution in [2.45, 2.75) is 50.1 Å². The Bertz CT molecular complexity index is 706. The summed E-state index contributed by atoms with van der Waals surface area (Å²) < 4.78 is 27.3. The maximum absolute atomic E-state index is 12.9. The van der Waals surface area contributed by atoms with Gasteiger partial charge in [0.15, 0.2) is 0 Å². The van der Waals surface area contributed by atoms with Gasteiger partial charge in [-0.25, -0.2) is 8.42 Å². The fraction of sp³-hybridized carbons (Fsp3) is 0.579. The Morgan fingerprint density at radius 2 is 1.88 bits per heavy atom. The highest BCUT2D eigenvalue weighted by atomic mass is 32.2. The van der Waals surface area contributed by atoms with E-state index in [2.05, 4.69) is 24.0 Å². The SMILES string of the molecule is Cc1cccc(S(=O)(=O)N(C)[C@H]2C=C[C@@H](N3CCC(C)CC3)C2)c1. The van der Waals surface area contributed by atoms with Crippen molar-refractivity contribution in [1.82, 2.24) is 9.21 Å². The number of sulfonamides is 1. The summed E-state index contributed by atoms with van der Waals surface area (Å²) in [6, 6.07) is 7.47. The van der Waals surface area contributed by atoms with Gasteiger partial charge in [0.05, 0.1) is 4.90 Å². The van der Waals surface area contributed by atoms with Crippen LogP contribution in [0.3, 0.4) is 0 Å². The molecular formula is C19H28N2O2S. The number of nitrogens with zero attached hydrogens (tertiary/aromatic N) is 2. The highest BCUT2D eigenvalue weighted by Crippen LogP contribution is 2.28. The first-order chi connectivity index (χ1) is 11.4. The van der Waals surface area contributed by atoms with Crippen LogP contribution < -0.4 is 0 Å². The summed E-state index contributed by atoms with van der Waals surface area (Å²) in [7, 11) is -1.74. The lowest BCUT2D eigenvalue weighted by Crippen LogP contribution is -2.42. The van der Waals surface area contributed by atoms with Crippen LogP contribution in [0.1, 0.15) is 31.7 Å². The maximum Gasteiger partial charge on any atom is 0.243 e. The molecule has 0 N–H and O–H groups in total. The first-order valence-corrected chi connectivity index (χ1v) is 10.3. The maximum atomic E-state index is 12.9. The largest absolute Gasteiger partial charge is 0.297 e. The second-order valence-corrected chi connectivity index (χ2v) is 9.31. The molecule has 4 nitrogen and oxygen atoms in total. The van der Waals surface area contributed by atoms with Crippen molar-refractivity contribution in [2.75, 3.05) is 20.1 Å². The number of aryl methyl sites for hydroxylation is 1. The monoisotopic (exact) mass is 348 g/mol. The van der Waals surface area contributed by atoms with E-state index in [1.54, 1.807) is 25.2 Å². The molecule has 1 fully saturated rings. The molecule has 1 aliphatic heterocycles. The Labute approximate surface area is 146 Å². The van der Waals surface area contributed by atoms with Gasteiger partial charge in [-0.1, -0.05) is 31.2 Å². The van der Waals surface area contributed by atoms with Crippen molar-refractivity contribution >= 4 is 10.0 Å². The van der Waals surface area contributed by atoms with E-state index in [0.29, 0.717) is 10.9 Å². The molecule has 2 atom stereocenters. The molecule has 0 aromatic heterocycles. The van der Waals surface area contributed by atoms with Gasteiger partial charge in [0.2, 0.25) is 10.0 Å². The summed E-state index contributed by atoms with van der Waals surface area (Å²) in [6.07, 6.45) is 7.60. The molecule has 1 saturated heterocycles. The van der Waals surface area contributed by atoms with E-state index < -0.39 is 10.0 Å². The number of benzene rings is 1. The Morgan fingerprint density at radius 1 is 1.17 bits per heavy atom. The van der Waals surface area contributed by atoms with Gasteiger partial charge in [0.25, 0.3) is 0 Å². The molecule has 0 amide bonds. The second kappa shape index (κ2) is 6.98. The van der Waals surface area contributed by atoms with Crippen LogP contribution in [-0.2, 0) is 10.0 Å². The van der Waals surface area contributed by atoms with Gasteiger partial charge in [-0.15, -0.1) is 0 Å². The van der Waals surface area contributed by atoms with Crippen LogP contribution >= 0.6 is 0 Å². The summed E-state index contributed by atoms with van der Waals surface area (Å²) in [5, 5.41) is 0. The lowest BCUT2D eigenvalue weighted by Gasteiger charge is -2.35. The van der Waals surface area contributed by atoms with Gasteiger partial charge in [-0.2, -0.15) is 4.31 Å². The van der Waals surface area contributed by atoms with E-state index in [1.165, 1.54) is 17.1 Å². The average molecular weight is 349 g/mol. The lowest BCUT2D eigenvalue weighted by atomic mass is 9.97. The van der Waals surface area contributed by atoms with Gasteiger partial charge >= 0.3 is 0 Å². The van der Waals surface area contributed by atoms with Crippen LogP contribution in [0.4, 0.5) is 0 Å². The molecule has 0 bridgehead atoms. The Balaban J connectivity index is 1.68. The number of hydrogen-bond acceptors (Lipinski definition) is 3. The van der Waals surface area contributed by atoms with Crippen molar-refractivity contribution in [1.29, 1.82) is 0 Å². The van der Waals surface area contributed by atoms with E-state index in [9.17, 15) is 8.42 Å². The summed E-state index contributed by atoms with van der Waals surface area (Å²) in [4.78, 5) is 2.89. The molecule has 0 unspecified atom stereocenters. The fourth-order valence-electron chi connectivity index (χ4n) is 3.68. The van der Waals surface area contributed by atoms with Crippen molar-refractivity contribution in [3.63, 3.8) is 0 Å². The average Bonchev–Trinajstić information content (AvgIpc) is 3.04. The van der Waals surface area contributed by atoms with Crippen LogP contribution in [0.25, 0.3) is 0 Å². The topological polar surface area (TPSA) is 40.6 Å². The molecule has 0 saturated carbocycles. The normalized spacial score (nSPS) is 26.3. The number of rotatable bonds is 4. The molecule has 1 aromatic carbocycles. The standard InChI is InChI=1S/C19H28N2O2S/c1-15-9-11-21(12-10-15)18-8-7-17(14-18)20(3)24(22,23)19-6-4-5-16(2)13-19/h4-8,13,15,17-18H,9-12,14H2,1-3H3/t17-,18+/m0/s1. The van der Waals surface area contributed by atoms with Gasteiger partial charge < -0.3 is 0 Å². The zero-order valence-electron chi connectivity index (χ0n) is 14.9. The molecule has 2 aliphatic rings. The second-order valence-electron chi connectivity index (χ2n) is 7.31. The van der Waals surface area contributed by atoms with Gasteiger partial charge in [0, 0.05) is 19.1 Å². The van der Waals surface area contributed by atoms with E-state index in [-0.39, 0.29) is 6.04 Å². The molecule has 0 radical (unpaired) electrons. The van der Waals surface area contributed by atoms with Crippen LogP contribution in [0.15, 0.2) is 41.3 Å². The first-order valence-electron chi connectivity index (χ1n) is 8.85. The Hall–Kier alpha value is -1.17.